The number of carbonyl (C=O) groups excluding carboxylic acids is 1. The van der Waals surface area contributed by atoms with Gasteiger partial charge in [-0.3, -0.25) is 0 Å². The predicted molar refractivity (Wildman–Crippen MR) is 101 cm³/mol. The summed E-state index contributed by atoms with van der Waals surface area (Å²) in [5.74, 6) is 1.47. The standard InChI is InChI=1S/C20H23F3N4O2/c21-20(22,23)13-4-5-18(24-12-13)27-9-6-14(7-10-27)25-19(28)26-16-2-1-3-17-15(16)8-11-29-17/h4-5,8,11-12,14,16H,1-3,6-7,9-10H2,(H2,25,26,28). The quantitative estimate of drug-likeness (QED) is 0.804. The first-order valence-corrected chi connectivity index (χ1v) is 9.81. The summed E-state index contributed by atoms with van der Waals surface area (Å²) < 4.78 is 43.4. The summed E-state index contributed by atoms with van der Waals surface area (Å²) in [6.45, 7) is 1.25. The molecule has 2 N–H and O–H groups in total. The summed E-state index contributed by atoms with van der Waals surface area (Å²) >= 11 is 0. The number of nitrogens with zero attached hydrogens (tertiary/aromatic N) is 2. The number of aromatic nitrogens is 1. The van der Waals surface area contributed by atoms with Gasteiger partial charge in [0.15, 0.2) is 0 Å². The van der Waals surface area contributed by atoms with Crippen LogP contribution < -0.4 is 15.5 Å². The van der Waals surface area contributed by atoms with Crippen molar-refractivity contribution < 1.29 is 22.4 Å². The van der Waals surface area contributed by atoms with Crippen molar-refractivity contribution in [1.82, 2.24) is 15.6 Å². The smallest absolute Gasteiger partial charge is 0.417 e. The minimum Gasteiger partial charge on any atom is -0.469 e. The van der Waals surface area contributed by atoms with E-state index >= 15 is 0 Å². The molecule has 1 atom stereocenters. The fraction of sp³-hybridized carbons (Fsp3) is 0.500. The van der Waals surface area contributed by atoms with Crippen molar-refractivity contribution in [1.29, 1.82) is 0 Å². The molecule has 2 aromatic heterocycles. The molecule has 3 heterocycles. The molecule has 2 aromatic rings. The van der Waals surface area contributed by atoms with E-state index < -0.39 is 11.7 Å². The van der Waals surface area contributed by atoms with Crippen molar-refractivity contribution >= 4 is 11.8 Å². The lowest BCUT2D eigenvalue weighted by molar-refractivity contribution is -0.137. The van der Waals surface area contributed by atoms with Gasteiger partial charge < -0.3 is 20.0 Å². The van der Waals surface area contributed by atoms with Gasteiger partial charge in [0, 0.05) is 37.3 Å². The molecule has 2 amide bonds. The molecule has 2 aliphatic rings. The molecule has 1 aliphatic carbocycles. The number of urea groups is 1. The molecular formula is C20H23F3N4O2. The number of alkyl halides is 3. The highest BCUT2D eigenvalue weighted by atomic mass is 19.4. The predicted octanol–water partition coefficient (Wildman–Crippen LogP) is 4.04. The zero-order valence-corrected chi connectivity index (χ0v) is 15.8. The van der Waals surface area contributed by atoms with E-state index in [4.69, 9.17) is 4.42 Å². The number of halogens is 3. The monoisotopic (exact) mass is 408 g/mol. The summed E-state index contributed by atoms with van der Waals surface area (Å²) in [6, 6.07) is 4.15. The number of piperidine rings is 1. The number of furan rings is 1. The second-order valence-electron chi connectivity index (χ2n) is 7.53. The number of hydrogen-bond donors (Lipinski definition) is 2. The Kier molecular flexibility index (Phi) is 5.38. The van der Waals surface area contributed by atoms with E-state index in [0.717, 1.165) is 42.8 Å². The molecular weight excluding hydrogens is 385 g/mol. The molecule has 1 saturated heterocycles. The van der Waals surface area contributed by atoms with Crippen molar-refractivity contribution in [2.24, 2.45) is 0 Å². The van der Waals surface area contributed by atoms with Crippen LogP contribution in [0.5, 0.6) is 0 Å². The molecule has 1 unspecified atom stereocenters. The molecule has 0 aromatic carbocycles. The second kappa shape index (κ2) is 7.96. The Labute approximate surface area is 166 Å². The number of aryl methyl sites for hydroxylation is 1. The Morgan fingerprint density at radius 3 is 2.62 bits per heavy atom. The lowest BCUT2D eigenvalue weighted by atomic mass is 9.93. The Bertz CT molecular complexity index is 842. The number of rotatable bonds is 3. The van der Waals surface area contributed by atoms with Crippen LogP contribution in [0.25, 0.3) is 0 Å². The van der Waals surface area contributed by atoms with Crippen molar-refractivity contribution in [2.75, 3.05) is 18.0 Å². The summed E-state index contributed by atoms with van der Waals surface area (Å²) in [5.41, 5.74) is 0.299. The summed E-state index contributed by atoms with van der Waals surface area (Å²) in [5, 5.41) is 6.04. The van der Waals surface area contributed by atoms with Gasteiger partial charge in [0.25, 0.3) is 0 Å². The summed E-state index contributed by atoms with van der Waals surface area (Å²) in [7, 11) is 0. The van der Waals surface area contributed by atoms with Gasteiger partial charge in [-0.2, -0.15) is 13.2 Å². The van der Waals surface area contributed by atoms with E-state index in [-0.39, 0.29) is 18.1 Å². The Morgan fingerprint density at radius 2 is 1.93 bits per heavy atom. The van der Waals surface area contributed by atoms with E-state index in [1.54, 1.807) is 6.26 Å². The Balaban J connectivity index is 1.26. The third-order valence-electron chi connectivity index (χ3n) is 5.59. The summed E-state index contributed by atoms with van der Waals surface area (Å²) in [4.78, 5) is 18.3. The average molecular weight is 408 g/mol. The maximum absolute atomic E-state index is 12.7. The second-order valence-corrected chi connectivity index (χ2v) is 7.53. The van der Waals surface area contributed by atoms with Crippen LogP contribution in [-0.2, 0) is 12.6 Å². The number of amides is 2. The molecule has 4 rings (SSSR count). The highest BCUT2D eigenvalue weighted by Gasteiger charge is 2.31. The van der Waals surface area contributed by atoms with Crippen LogP contribution in [0.4, 0.5) is 23.8 Å². The van der Waals surface area contributed by atoms with Gasteiger partial charge in [-0.15, -0.1) is 0 Å². The molecule has 9 heteroatoms. The number of pyridine rings is 1. The number of anilines is 1. The number of nitrogens with one attached hydrogen (secondary N) is 2. The van der Waals surface area contributed by atoms with Crippen molar-refractivity contribution in [3.8, 4) is 0 Å². The first kappa shape index (κ1) is 19.6. The molecule has 156 valence electrons. The fourth-order valence-electron chi connectivity index (χ4n) is 4.02. The van der Waals surface area contributed by atoms with Crippen molar-refractivity contribution in [3.63, 3.8) is 0 Å². The Hall–Kier alpha value is -2.71. The zero-order valence-electron chi connectivity index (χ0n) is 15.8. The molecule has 1 aliphatic heterocycles. The third kappa shape index (κ3) is 4.49. The van der Waals surface area contributed by atoms with E-state index in [1.807, 2.05) is 11.0 Å². The third-order valence-corrected chi connectivity index (χ3v) is 5.59. The highest BCUT2D eigenvalue weighted by Crippen LogP contribution is 2.31. The van der Waals surface area contributed by atoms with Crippen LogP contribution in [-0.4, -0.2) is 30.1 Å². The number of hydrogen-bond acceptors (Lipinski definition) is 4. The van der Waals surface area contributed by atoms with E-state index in [9.17, 15) is 18.0 Å². The maximum atomic E-state index is 12.7. The van der Waals surface area contributed by atoms with Gasteiger partial charge in [0.1, 0.15) is 11.6 Å². The Morgan fingerprint density at radius 1 is 1.14 bits per heavy atom. The summed E-state index contributed by atoms with van der Waals surface area (Å²) in [6.07, 6.45) is 2.32. The molecule has 0 radical (unpaired) electrons. The number of carbonyl (C=O) groups is 1. The van der Waals surface area contributed by atoms with Crippen LogP contribution in [0.2, 0.25) is 0 Å². The highest BCUT2D eigenvalue weighted by molar-refractivity contribution is 5.75. The maximum Gasteiger partial charge on any atom is 0.417 e. The fourth-order valence-corrected chi connectivity index (χ4v) is 4.02. The van der Waals surface area contributed by atoms with Crippen LogP contribution in [0, 0.1) is 0 Å². The van der Waals surface area contributed by atoms with Crippen LogP contribution in [0.1, 0.15) is 48.6 Å². The lowest BCUT2D eigenvalue weighted by Gasteiger charge is -2.33. The zero-order chi connectivity index (χ0) is 20.4. The van der Waals surface area contributed by atoms with Gasteiger partial charge in [-0.25, -0.2) is 9.78 Å². The molecule has 1 fully saturated rings. The molecule has 29 heavy (non-hydrogen) atoms. The molecule has 6 nitrogen and oxygen atoms in total. The molecule has 0 bridgehead atoms. The van der Waals surface area contributed by atoms with E-state index in [0.29, 0.717) is 31.7 Å². The van der Waals surface area contributed by atoms with E-state index in [2.05, 4.69) is 15.6 Å². The lowest BCUT2D eigenvalue weighted by Crippen LogP contribution is -2.49. The van der Waals surface area contributed by atoms with Gasteiger partial charge >= 0.3 is 12.2 Å². The SMILES string of the molecule is O=C(NC1CCN(c2ccc(C(F)(F)F)cn2)CC1)NC1CCCc2occc21. The van der Waals surface area contributed by atoms with Gasteiger partial charge in [-0.1, -0.05) is 0 Å². The van der Waals surface area contributed by atoms with Crippen LogP contribution in [0.3, 0.4) is 0 Å². The topological polar surface area (TPSA) is 70.4 Å². The van der Waals surface area contributed by atoms with Crippen LogP contribution >= 0.6 is 0 Å². The van der Waals surface area contributed by atoms with Gasteiger partial charge in [0.2, 0.25) is 0 Å². The first-order valence-electron chi connectivity index (χ1n) is 9.81. The normalized spacial score (nSPS) is 20.2. The van der Waals surface area contributed by atoms with E-state index in [1.165, 1.54) is 6.07 Å². The van der Waals surface area contributed by atoms with Crippen LogP contribution in [0.15, 0.2) is 35.1 Å². The van der Waals surface area contributed by atoms with Gasteiger partial charge in [-0.05, 0) is 43.9 Å². The van der Waals surface area contributed by atoms with Crippen molar-refractivity contribution in [2.45, 2.75) is 50.4 Å². The molecule has 0 saturated carbocycles. The number of fused-ring (bicyclic) bond motifs is 1. The molecule has 0 spiro atoms. The van der Waals surface area contributed by atoms with Crippen molar-refractivity contribution in [3.05, 3.63) is 47.5 Å². The minimum atomic E-state index is -4.38. The average Bonchev–Trinajstić information content (AvgIpc) is 3.18. The first-order chi connectivity index (χ1) is 13.9. The van der Waals surface area contributed by atoms with Gasteiger partial charge in [0.05, 0.1) is 17.9 Å². The largest absolute Gasteiger partial charge is 0.469 e. The minimum absolute atomic E-state index is 0.0214.